The van der Waals surface area contributed by atoms with Gasteiger partial charge in [-0.1, -0.05) is 31.8 Å². The fourth-order valence-electron chi connectivity index (χ4n) is 3.21. The van der Waals surface area contributed by atoms with E-state index in [-0.39, 0.29) is 0 Å². The van der Waals surface area contributed by atoms with E-state index in [1.807, 2.05) is 42.1 Å². The first-order chi connectivity index (χ1) is 13.9. The number of pyridine rings is 1. The summed E-state index contributed by atoms with van der Waals surface area (Å²) in [6, 6.07) is 13.4. The number of fused-ring (bicyclic) bond motifs is 1. The van der Waals surface area contributed by atoms with E-state index >= 15 is 0 Å². The van der Waals surface area contributed by atoms with Crippen LogP contribution in [0.1, 0.15) is 5.69 Å². The van der Waals surface area contributed by atoms with Crippen molar-refractivity contribution >= 4 is 19.0 Å². The summed E-state index contributed by atoms with van der Waals surface area (Å²) in [5, 5.41) is 13.0. The standard InChI is InChI=1S/C22H27N5OSi/c1-16-6-5-7-21(24-16)22-19(17-8-9-20-18(12-17)13-23-25-20)14-27(26-22)15-28-10-11-29(2,3)4/h5-9,12-14H,10-11,15H2,1-4H3,(H,23,25). The molecule has 0 fully saturated rings. The van der Waals surface area contributed by atoms with Crippen LogP contribution in [0.3, 0.4) is 0 Å². The molecule has 0 radical (unpaired) electrons. The van der Waals surface area contributed by atoms with Crippen LogP contribution < -0.4 is 0 Å². The number of nitrogens with one attached hydrogen (secondary N) is 1. The number of ether oxygens (including phenoxy) is 1. The molecule has 0 amide bonds. The highest BCUT2D eigenvalue weighted by Crippen LogP contribution is 2.32. The van der Waals surface area contributed by atoms with Gasteiger partial charge in [-0.05, 0) is 42.8 Å². The summed E-state index contributed by atoms with van der Waals surface area (Å²) in [5.41, 5.74) is 5.86. The van der Waals surface area contributed by atoms with Crippen LogP contribution in [-0.2, 0) is 11.5 Å². The summed E-state index contributed by atoms with van der Waals surface area (Å²) >= 11 is 0. The Labute approximate surface area is 172 Å². The Morgan fingerprint density at radius 2 is 2.00 bits per heavy atom. The Morgan fingerprint density at radius 1 is 1.14 bits per heavy atom. The van der Waals surface area contributed by atoms with E-state index in [1.54, 1.807) is 0 Å². The Kier molecular flexibility index (Phi) is 5.34. The number of H-pyrrole nitrogens is 1. The maximum atomic E-state index is 5.92. The number of rotatable bonds is 7. The van der Waals surface area contributed by atoms with Gasteiger partial charge in [0, 0.05) is 37.5 Å². The van der Waals surface area contributed by atoms with Gasteiger partial charge in [0.1, 0.15) is 12.4 Å². The van der Waals surface area contributed by atoms with Crippen molar-refractivity contribution in [3.63, 3.8) is 0 Å². The van der Waals surface area contributed by atoms with Gasteiger partial charge in [-0.3, -0.25) is 10.1 Å². The van der Waals surface area contributed by atoms with Gasteiger partial charge in [0.15, 0.2) is 0 Å². The molecule has 0 spiro atoms. The molecule has 0 bridgehead atoms. The molecule has 0 aliphatic carbocycles. The first kappa shape index (κ1) is 19.5. The minimum absolute atomic E-state index is 0.442. The predicted molar refractivity (Wildman–Crippen MR) is 119 cm³/mol. The number of aromatic amines is 1. The highest BCUT2D eigenvalue weighted by Gasteiger charge is 2.16. The maximum Gasteiger partial charge on any atom is 0.139 e. The summed E-state index contributed by atoms with van der Waals surface area (Å²) in [5.74, 6) is 0. The van der Waals surface area contributed by atoms with Crippen LogP contribution in [0.15, 0.2) is 48.8 Å². The van der Waals surface area contributed by atoms with Gasteiger partial charge >= 0.3 is 0 Å². The van der Waals surface area contributed by atoms with E-state index in [4.69, 9.17) is 14.8 Å². The fraction of sp³-hybridized carbons (Fsp3) is 0.318. The molecule has 7 heteroatoms. The average molecular weight is 406 g/mol. The van der Waals surface area contributed by atoms with Crippen molar-refractivity contribution in [1.82, 2.24) is 25.0 Å². The second-order valence-electron chi connectivity index (χ2n) is 8.62. The van der Waals surface area contributed by atoms with Crippen LogP contribution >= 0.6 is 0 Å². The largest absolute Gasteiger partial charge is 0.360 e. The maximum absolute atomic E-state index is 5.92. The van der Waals surface area contributed by atoms with Gasteiger partial charge in [0.25, 0.3) is 0 Å². The van der Waals surface area contributed by atoms with Crippen molar-refractivity contribution in [2.24, 2.45) is 0 Å². The number of hydrogen-bond donors (Lipinski definition) is 1. The third-order valence-electron chi connectivity index (χ3n) is 4.86. The van der Waals surface area contributed by atoms with E-state index < -0.39 is 8.07 Å². The summed E-state index contributed by atoms with van der Waals surface area (Å²) in [6.07, 6.45) is 3.89. The van der Waals surface area contributed by atoms with Crippen molar-refractivity contribution in [3.05, 3.63) is 54.5 Å². The van der Waals surface area contributed by atoms with Gasteiger partial charge in [0.2, 0.25) is 0 Å². The van der Waals surface area contributed by atoms with Crippen LogP contribution in [0.25, 0.3) is 33.4 Å². The minimum atomic E-state index is -1.11. The van der Waals surface area contributed by atoms with Crippen LogP contribution in [0.4, 0.5) is 0 Å². The lowest BCUT2D eigenvalue weighted by Gasteiger charge is -2.15. The smallest absolute Gasteiger partial charge is 0.139 e. The zero-order valence-corrected chi connectivity index (χ0v) is 18.4. The number of aromatic nitrogens is 5. The average Bonchev–Trinajstić information content (AvgIpc) is 3.31. The molecule has 150 valence electrons. The lowest BCUT2D eigenvalue weighted by molar-refractivity contribution is 0.0787. The van der Waals surface area contributed by atoms with Crippen molar-refractivity contribution < 1.29 is 4.74 Å². The second kappa shape index (κ2) is 7.92. The Balaban J connectivity index is 1.67. The molecule has 1 aromatic carbocycles. The number of benzene rings is 1. The predicted octanol–water partition coefficient (Wildman–Crippen LogP) is 5.11. The molecule has 4 rings (SSSR count). The number of hydrogen-bond acceptors (Lipinski definition) is 4. The molecule has 4 aromatic rings. The van der Waals surface area contributed by atoms with Gasteiger partial charge in [-0.15, -0.1) is 0 Å². The SMILES string of the molecule is Cc1cccc(-c2nn(COCC[Si](C)(C)C)cc2-c2ccc3[nH]ncc3c2)n1. The summed E-state index contributed by atoms with van der Waals surface area (Å²) < 4.78 is 7.79. The molecule has 0 aliphatic rings. The van der Waals surface area contributed by atoms with Gasteiger partial charge in [-0.25, -0.2) is 4.68 Å². The summed E-state index contributed by atoms with van der Waals surface area (Å²) in [6.45, 7) is 10.3. The molecule has 0 saturated carbocycles. The molecule has 3 heterocycles. The zero-order valence-electron chi connectivity index (χ0n) is 17.4. The minimum Gasteiger partial charge on any atom is -0.360 e. The van der Waals surface area contributed by atoms with Crippen LogP contribution in [0, 0.1) is 6.92 Å². The zero-order chi connectivity index (χ0) is 20.4. The van der Waals surface area contributed by atoms with Crippen molar-refractivity contribution in [2.75, 3.05) is 6.61 Å². The lowest BCUT2D eigenvalue weighted by Crippen LogP contribution is -2.22. The molecular formula is C22H27N5OSi. The quantitative estimate of drug-likeness (QED) is 0.343. The highest BCUT2D eigenvalue weighted by molar-refractivity contribution is 6.76. The summed E-state index contributed by atoms with van der Waals surface area (Å²) in [7, 11) is -1.11. The topological polar surface area (TPSA) is 68.6 Å². The molecule has 3 aromatic heterocycles. The molecule has 29 heavy (non-hydrogen) atoms. The Hall–Kier alpha value is -2.77. The molecule has 1 N–H and O–H groups in total. The third-order valence-corrected chi connectivity index (χ3v) is 6.57. The first-order valence-electron chi connectivity index (χ1n) is 9.92. The van der Waals surface area contributed by atoms with Crippen molar-refractivity contribution in [3.8, 4) is 22.5 Å². The van der Waals surface area contributed by atoms with E-state index in [1.165, 1.54) is 0 Å². The highest BCUT2D eigenvalue weighted by atomic mass is 28.3. The summed E-state index contributed by atoms with van der Waals surface area (Å²) in [4.78, 5) is 4.69. The first-order valence-corrected chi connectivity index (χ1v) is 13.6. The van der Waals surface area contributed by atoms with E-state index in [0.29, 0.717) is 6.73 Å². The van der Waals surface area contributed by atoms with Crippen LogP contribution in [0.5, 0.6) is 0 Å². The second-order valence-corrected chi connectivity index (χ2v) is 14.2. The third kappa shape index (κ3) is 4.63. The van der Waals surface area contributed by atoms with Gasteiger partial charge < -0.3 is 4.74 Å². The van der Waals surface area contributed by atoms with E-state index in [2.05, 4.69) is 48.2 Å². The normalized spacial score (nSPS) is 12.0. The van der Waals surface area contributed by atoms with Gasteiger partial charge in [0.05, 0.1) is 17.4 Å². The van der Waals surface area contributed by atoms with Crippen LogP contribution in [-0.4, -0.2) is 39.6 Å². The lowest BCUT2D eigenvalue weighted by atomic mass is 10.0. The monoisotopic (exact) mass is 405 g/mol. The van der Waals surface area contributed by atoms with E-state index in [0.717, 1.165) is 51.8 Å². The van der Waals surface area contributed by atoms with Crippen molar-refractivity contribution in [1.29, 1.82) is 0 Å². The number of aryl methyl sites for hydroxylation is 1. The number of nitrogens with zero attached hydrogens (tertiary/aromatic N) is 4. The van der Waals surface area contributed by atoms with Crippen LogP contribution in [0.2, 0.25) is 25.7 Å². The molecule has 0 saturated heterocycles. The molecule has 0 aliphatic heterocycles. The molecule has 0 atom stereocenters. The molecular weight excluding hydrogens is 378 g/mol. The van der Waals surface area contributed by atoms with Gasteiger partial charge in [-0.2, -0.15) is 10.2 Å². The molecule has 0 unspecified atom stereocenters. The fourth-order valence-corrected chi connectivity index (χ4v) is 3.97. The Bertz CT molecular complexity index is 1130. The van der Waals surface area contributed by atoms with Crippen molar-refractivity contribution in [2.45, 2.75) is 39.3 Å². The Morgan fingerprint density at radius 3 is 2.79 bits per heavy atom. The van der Waals surface area contributed by atoms with E-state index in [9.17, 15) is 0 Å². The molecule has 6 nitrogen and oxygen atoms in total.